The molecular weight excluding hydrogens is 278 g/mol. The minimum atomic E-state index is -1.10. The molecule has 1 N–H and O–H groups in total. The normalized spacial score (nSPS) is 9.85. The second-order valence-corrected chi connectivity index (χ2v) is 4.57. The lowest BCUT2D eigenvalue weighted by Gasteiger charge is -2.10. The van der Waals surface area contributed by atoms with Crippen molar-refractivity contribution in [3.8, 4) is 17.6 Å². The molecule has 0 aliphatic heterocycles. The van der Waals surface area contributed by atoms with Gasteiger partial charge in [0.15, 0.2) is 0 Å². The molecule has 0 saturated carbocycles. The number of halogens is 1. The Morgan fingerprint density at radius 2 is 2.00 bits per heavy atom. The van der Waals surface area contributed by atoms with E-state index in [0.717, 1.165) is 5.56 Å². The molecular formula is C15H10ClNO3. The van der Waals surface area contributed by atoms with E-state index in [1.807, 2.05) is 19.1 Å². The summed E-state index contributed by atoms with van der Waals surface area (Å²) in [5, 5.41) is 18.4. The molecule has 0 bridgehead atoms. The summed E-state index contributed by atoms with van der Waals surface area (Å²) in [4.78, 5) is 10.9. The molecule has 0 fully saturated rings. The molecule has 0 radical (unpaired) electrons. The average molecular weight is 288 g/mol. The fourth-order valence-corrected chi connectivity index (χ4v) is 1.80. The van der Waals surface area contributed by atoms with Crippen LogP contribution in [0.25, 0.3) is 0 Å². The van der Waals surface area contributed by atoms with Crippen molar-refractivity contribution in [3.05, 3.63) is 58.1 Å². The van der Waals surface area contributed by atoms with Crippen molar-refractivity contribution in [1.82, 2.24) is 0 Å². The molecule has 0 aliphatic carbocycles. The van der Waals surface area contributed by atoms with Crippen LogP contribution in [0.1, 0.15) is 21.5 Å². The highest BCUT2D eigenvalue weighted by Crippen LogP contribution is 2.32. The summed E-state index contributed by atoms with van der Waals surface area (Å²) in [6.07, 6.45) is 0. The van der Waals surface area contributed by atoms with Gasteiger partial charge in [-0.25, -0.2) is 4.79 Å². The predicted octanol–water partition coefficient (Wildman–Crippen LogP) is 4.01. The number of ether oxygens (including phenoxy) is 1. The average Bonchev–Trinajstić information content (AvgIpc) is 2.43. The quantitative estimate of drug-likeness (QED) is 0.926. The third-order valence-electron chi connectivity index (χ3n) is 2.65. The lowest BCUT2D eigenvalue weighted by Crippen LogP contribution is -1.98. The summed E-state index contributed by atoms with van der Waals surface area (Å²) in [5.41, 5.74) is 1.14. The molecule has 20 heavy (non-hydrogen) atoms. The standard InChI is InChI=1S/C15H10ClNO3/c1-9-2-4-12(16)14(6-9)20-13-5-3-10(15(18)19)7-11(13)8-17/h2-7H,1H3,(H,18,19). The second-order valence-electron chi connectivity index (χ2n) is 4.16. The van der Waals surface area contributed by atoms with E-state index >= 15 is 0 Å². The van der Waals surface area contributed by atoms with Gasteiger partial charge in [0, 0.05) is 0 Å². The molecule has 0 atom stereocenters. The van der Waals surface area contributed by atoms with E-state index in [9.17, 15) is 4.79 Å². The highest BCUT2D eigenvalue weighted by Gasteiger charge is 2.11. The molecule has 0 unspecified atom stereocenters. The highest BCUT2D eigenvalue weighted by atomic mass is 35.5. The molecule has 0 aromatic heterocycles. The van der Waals surface area contributed by atoms with Gasteiger partial charge in [-0.2, -0.15) is 5.26 Å². The number of aromatic carboxylic acids is 1. The van der Waals surface area contributed by atoms with Gasteiger partial charge in [0.1, 0.15) is 17.6 Å². The number of nitriles is 1. The number of hydrogen-bond donors (Lipinski definition) is 1. The Labute approximate surface area is 120 Å². The summed E-state index contributed by atoms with van der Waals surface area (Å²) in [6.45, 7) is 1.89. The van der Waals surface area contributed by atoms with Crippen molar-refractivity contribution in [3.63, 3.8) is 0 Å². The zero-order valence-electron chi connectivity index (χ0n) is 10.6. The van der Waals surface area contributed by atoms with E-state index < -0.39 is 5.97 Å². The predicted molar refractivity (Wildman–Crippen MR) is 74.4 cm³/mol. The van der Waals surface area contributed by atoms with E-state index in [1.54, 1.807) is 12.1 Å². The Hall–Kier alpha value is -2.51. The molecule has 0 amide bonds. The van der Waals surface area contributed by atoms with E-state index in [4.69, 9.17) is 26.7 Å². The molecule has 2 aromatic rings. The van der Waals surface area contributed by atoms with Crippen LogP contribution in [0.15, 0.2) is 36.4 Å². The van der Waals surface area contributed by atoms with Crippen LogP contribution in [0.2, 0.25) is 5.02 Å². The van der Waals surface area contributed by atoms with Gasteiger partial charge in [0.25, 0.3) is 0 Å². The number of carboxylic acids is 1. The van der Waals surface area contributed by atoms with Crippen LogP contribution in [0, 0.1) is 18.3 Å². The SMILES string of the molecule is Cc1ccc(Cl)c(Oc2ccc(C(=O)O)cc2C#N)c1. The first-order chi connectivity index (χ1) is 9.51. The molecule has 0 saturated heterocycles. The first-order valence-electron chi connectivity index (χ1n) is 5.72. The zero-order valence-corrected chi connectivity index (χ0v) is 11.3. The van der Waals surface area contributed by atoms with Gasteiger partial charge >= 0.3 is 5.97 Å². The Morgan fingerprint density at radius 3 is 2.65 bits per heavy atom. The number of rotatable bonds is 3. The minimum absolute atomic E-state index is 0.0317. The number of aryl methyl sites for hydroxylation is 1. The van der Waals surface area contributed by atoms with Crippen molar-refractivity contribution in [2.75, 3.05) is 0 Å². The number of hydrogen-bond acceptors (Lipinski definition) is 3. The second kappa shape index (κ2) is 5.64. The number of carboxylic acid groups (broad SMARTS) is 1. The van der Waals surface area contributed by atoms with Gasteiger partial charge in [0.2, 0.25) is 0 Å². The summed E-state index contributed by atoms with van der Waals surface area (Å²) in [6, 6.07) is 11.3. The maximum absolute atomic E-state index is 10.9. The summed E-state index contributed by atoms with van der Waals surface area (Å²) < 4.78 is 5.60. The van der Waals surface area contributed by atoms with Crippen LogP contribution in [-0.2, 0) is 0 Å². The van der Waals surface area contributed by atoms with Gasteiger partial charge < -0.3 is 9.84 Å². The largest absolute Gasteiger partial charge is 0.478 e. The van der Waals surface area contributed by atoms with E-state index in [1.165, 1.54) is 18.2 Å². The third-order valence-corrected chi connectivity index (χ3v) is 2.97. The maximum atomic E-state index is 10.9. The van der Waals surface area contributed by atoms with Crippen molar-refractivity contribution in [1.29, 1.82) is 5.26 Å². The molecule has 0 aliphatic rings. The number of nitrogens with zero attached hydrogens (tertiary/aromatic N) is 1. The Bertz CT molecular complexity index is 720. The maximum Gasteiger partial charge on any atom is 0.335 e. The monoisotopic (exact) mass is 287 g/mol. The number of benzene rings is 2. The summed E-state index contributed by atoms with van der Waals surface area (Å²) >= 11 is 6.02. The van der Waals surface area contributed by atoms with Crippen molar-refractivity contribution in [2.24, 2.45) is 0 Å². The first kappa shape index (κ1) is 13.9. The molecule has 5 heteroatoms. The van der Waals surface area contributed by atoms with Crippen LogP contribution in [0.5, 0.6) is 11.5 Å². The topological polar surface area (TPSA) is 70.3 Å². The van der Waals surface area contributed by atoms with Gasteiger partial charge in [-0.3, -0.25) is 0 Å². The summed E-state index contributed by atoms with van der Waals surface area (Å²) in [7, 11) is 0. The molecule has 2 rings (SSSR count). The Kier molecular flexibility index (Phi) is 3.92. The van der Waals surface area contributed by atoms with Crippen LogP contribution < -0.4 is 4.74 Å². The fraction of sp³-hybridized carbons (Fsp3) is 0.0667. The molecule has 2 aromatic carbocycles. The minimum Gasteiger partial charge on any atom is -0.478 e. The van der Waals surface area contributed by atoms with Crippen LogP contribution in [0.4, 0.5) is 0 Å². The van der Waals surface area contributed by atoms with Gasteiger partial charge in [-0.15, -0.1) is 0 Å². The smallest absolute Gasteiger partial charge is 0.335 e. The first-order valence-corrected chi connectivity index (χ1v) is 6.10. The summed E-state index contributed by atoms with van der Waals surface area (Å²) in [5.74, 6) is -0.405. The van der Waals surface area contributed by atoms with E-state index in [0.29, 0.717) is 10.8 Å². The molecule has 4 nitrogen and oxygen atoms in total. The van der Waals surface area contributed by atoms with E-state index in [-0.39, 0.29) is 16.9 Å². The van der Waals surface area contributed by atoms with Gasteiger partial charge in [0.05, 0.1) is 16.1 Å². The van der Waals surface area contributed by atoms with Gasteiger partial charge in [-0.1, -0.05) is 17.7 Å². The lowest BCUT2D eigenvalue weighted by molar-refractivity contribution is 0.0697. The van der Waals surface area contributed by atoms with Crippen LogP contribution in [-0.4, -0.2) is 11.1 Å². The fourth-order valence-electron chi connectivity index (χ4n) is 1.65. The number of carbonyl (C=O) groups is 1. The molecule has 100 valence electrons. The Balaban J connectivity index is 2.41. The lowest BCUT2D eigenvalue weighted by atomic mass is 10.1. The third kappa shape index (κ3) is 2.90. The highest BCUT2D eigenvalue weighted by molar-refractivity contribution is 6.32. The van der Waals surface area contributed by atoms with Gasteiger partial charge in [-0.05, 0) is 42.8 Å². The van der Waals surface area contributed by atoms with Crippen LogP contribution >= 0.6 is 11.6 Å². The Morgan fingerprint density at radius 1 is 1.25 bits per heavy atom. The molecule has 0 heterocycles. The van der Waals surface area contributed by atoms with Crippen molar-refractivity contribution in [2.45, 2.75) is 6.92 Å². The van der Waals surface area contributed by atoms with Crippen molar-refractivity contribution >= 4 is 17.6 Å². The van der Waals surface area contributed by atoms with Crippen molar-refractivity contribution < 1.29 is 14.6 Å². The van der Waals surface area contributed by atoms with Crippen LogP contribution in [0.3, 0.4) is 0 Å². The van der Waals surface area contributed by atoms with E-state index in [2.05, 4.69) is 0 Å². The molecule has 0 spiro atoms. The zero-order chi connectivity index (χ0) is 14.7.